The molecule has 2 aromatic carbocycles. The van der Waals surface area contributed by atoms with Gasteiger partial charge in [0.1, 0.15) is 5.75 Å². The SMILES string of the molecule is CCCCOc1ccc2ccccc2c1CNc1nc(CC(=O)O)cs1. The molecular weight excluding hydrogens is 348 g/mol. The van der Waals surface area contributed by atoms with Gasteiger partial charge in [0.05, 0.1) is 18.7 Å². The van der Waals surface area contributed by atoms with Crippen molar-refractivity contribution in [2.24, 2.45) is 0 Å². The molecule has 0 atom stereocenters. The molecular formula is C20H22N2O3S. The van der Waals surface area contributed by atoms with Gasteiger partial charge in [0, 0.05) is 17.5 Å². The Bertz CT molecular complexity index is 892. The zero-order valence-corrected chi connectivity index (χ0v) is 15.5. The fourth-order valence-corrected chi connectivity index (χ4v) is 3.46. The van der Waals surface area contributed by atoms with E-state index in [9.17, 15) is 4.79 Å². The molecule has 0 aliphatic heterocycles. The molecule has 6 heteroatoms. The van der Waals surface area contributed by atoms with Crippen molar-refractivity contribution in [2.45, 2.75) is 32.7 Å². The maximum Gasteiger partial charge on any atom is 0.309 e. The molecule has 0 unspecified atom stereocenters. The summed E-state index contributed by atoms with van der Waals surface area (Å²) in [5.74, 6) is 0.00878. The van der Waals surface area contributed by atoms with Gasteiger partial charge in [0.25, 0.3) is 0 Å². The van der Waals surface area contributed by atoms with Crippen LogP contribution in [-0.4, -0.2) is 22.7 Å². The summed E-state index contributed by atoms with van der Waals surface area (Å²) in [5, 5.41) is 17.0. The van der Waals surface area contributed by atoms with E-state index in [0.29, 0.717) is 24.0 Å². The smallest absolute Gasteiger partial charge is 0.309 e. The largest absolute Gasteiger partial charge is 0.493 e. The zero-order valence-electron chi connectivity index (χ0n) is 14.7. The minimum atomic E-state index is -0.873. The monoisotopic (exact) mass is 370 g/mol. The number of unbranched alkanes of at least 4 members (excludes halogenated alkanes) is 1. The van der Waals surface area contributed by atoms with Crippen LogP contribution in [0.15, 0.2) is 41.8 Å². The Morgan fingerprint density at radius 2 is 2.12 bits per heavy atom. The quantitative estimate of drug-likeness (QED) is 0.534. The lowest BCUT2D eigenvalue weighted by Gasteiger charge is -2.14. The van der Waals surface area contributed by atoms with E-state index in [1.165, 1.54) is 11.3 Å². The molecule has 2 N–H and O–H groups in total. The van der Waals surface area contributed by atoms with Crippen LogP contribution in [0.25, 0.3) is 10.8 Å². The Morgan fingerprint density at radius 3 is 2.92 bits per heavy atom. The number of carbonyl (C=O) groups is 1. The topological polar surface area (TPSA) is 71.5 Å². The second kappa shape index (κ2) is 8.67. The molecule has 3 aromatic rings. The standard InChI is InChI=1S/C20H22N2O3S/c1-2-3-10-25-18-9-8-14-6-4-5-7-16(14)17(18)12-21-20-22-15(13-26-20)11-19(23)24/h4-9,13H,2-3,10-12H2,1H3,(H,21,22)(H,23,24). The summed E-state index contributed by atoms with van der Waals surface area (Å²) in [4.78, 5) is 15.1. The molecule has 0 bridgehead atoms. The van der Waals surface area contributed by atoms with E-state index in [0.717, 1.165) is 34.9 Å². The minimum Gasteiger partial charge on any atom is -0.493 e. The third-order valence-corrected chi connectivity index (χ3v) is 4.90. The predicted molar refractivity (Wildman–Crippen MR) is 105 cm³/mol. The lowest BCUT2D eigenvalue weighted by atomic mass is 10.0. The van der Waals surface area contributed by atoms with Gasteiger partial charge in [0.2, 0.25) is 0 Å². The van der Waals surface area contributed by atoms with Crippen molar-refractivity contribution in [3.8, 4) is 5.75 Å². The number of fused-ring (bicyclic) bond motifs is 1. The fourth-order valence-electron chi connectivity index (χ4n) is 2.75. The summed E-state index contributed by atoms with van der Waals surface area (Å²) < 4.78 is 6.00. The number of rotatable bonds is 9. The fraction of sp³-hybridized carbons (Fsp3) is 0.300. The molecule has 0 fully saturated rings. The van der Waals surface area contributed by atoms with Gasteiger partial charge in [0.15, 0.2) is 5.13 Å². The zero-order chi connectivity index (χ0) is 18.4. The third kappa shape index (κ3) is 4.52. The van der Waals surface area contributed by atoms with Crippen LogP contribution in [0, 0.1) is 0 Å². The van der Waals surface area contributed by atoms with E-state index < -0.39 is 5.97 Å². The molecule has 0 saturated heterocycles. The molecule has 26 heavy (non-hydrogen) atoms. The summed E-state index contributed by atoms with van der Waals surface area (Å²) in [6.07, 6.45) is 2.05. The molecule has 0 aliphatic rings. The Balaban J connectivity index is 1.81. The van der Waals surface area contributed by atoms with E-state index in [2.05, 4.69) is 35.4 Å². The van der Waals surface area contributed by atoms with Gasteiger partial charge in [-0.25, -0.2) is 4.98 Å². The van der Waals surface area contributed by atoms with Crippen LogP contribution < -0.4 is 10.1 Å². The molecule has 3 rings (SSSR count). The van der Waals surface area contributed by atoms with Gasteiger partial charge in [-0.2, -0.15) is 0 Å². The highest BCUT2D eigenvalue weighted by Gasteiger charge is 2.11. The van der Waals surface area contributed by atoms with Crippen molar-refractivity contribution < 1.29 is 14.6 Å². The lowest BCUT2D eigenvalue weighted by molar-refractivity contribution is -0.136. The van der Waals surface area contributed by atoms with Crippen LogP contribution >= 0.6 is 11.3 Å². The van der Waals surface area contributed by atoms with Crippen LogP contribution in [0.4, 0.5) is 5.13 Å². The Morgan fingerprint density at radius 1 is 1.27 bits per heavy atom. The third-order valence-electron chi connectivity index (χ3n) is 4.05. The van der Waals surface area contributed by atoms with E-state index in [4.69, 9.17) is 9.84 Å². The number of hydrogen-bond acceptors (Lipinski definition) is 5. The van der Waals surface area contributed by atoms with Crippen molar-refractivity contribution in [3.05, 3.63) is 53.0 Å². The first-order valence-corrected chi connectivity index (χ1v) is 9.59. The van der Waals surface area contributed by atoms with E-state index in [-0.39, 0.29) is 6.42 Å². The molecule has 0 radical (unpaired) electrons. The van der Waals surface area contributed by atoms with Crippen LogP contribution in [0.3, 0.4) is 0 Å². The van der Waals surface area contributed by atoms with Crippen LogP contribution in [0.5, 0.6) is 5.75 Å². The summed E-state index contributed by atoms with van der Waals surface area (Å²) in [5.41, 5.74) is 1.66. The van der Waals surface area contributed by atoms with Crippen molar-refractivity contribution in [1.82, 2.24) is 4.98 Å². The first-order chi connectivity index (χ1) is 12.7. The second-order valence-electron chi connectivity index (χ2n) is 6.03. The number of aromatic nitrogens is 1. The Hall–Kier alpha value is -2.60. The molecule has 5 nitrogen and oxygen atoms in total. The summed E-state index contributed by atoms with van der Waals surface area (Å²) in [6, 6.07) is 12.3. The number of carboxylic acid groups (broad SMARTS) is 1. The van der Waals surface area contributed by atoms with Crippen LogP contribution in [0.1, 0.15) is 31.0 Å². The average Bonchev–Trinajstić information content (AvgIpc) is 3.07. The highest BCUT2D eigenvalue weighted by molar-refractivity contribution is 7.13. The molecule has 0 saturated carbocycles. The first-order valence-electron chi connectivity index (χ1n) is 8.71. The van der Waals surface area contributed by atoms with Crippen LogP contribution in [-0.2, 0) is 17.8 Å². The number of ether oxygens (including phenoxy) is 1. The Kier molecular flexibility index (Phi) is 6.07. The van der Waals surface area contributed by atoms with Gasteiger partial charge < -0.3 is 15.2 Å². The summed E-state index contributed by atoms with van der Waals surface area (Å²) >= 11 is 1.42. The van der Waals surface area contributed by atoms with E-state index >= 15 is 0 Å². The predicted octanol–water partition coefficient (Wildman–Crippen LogP) is 4.71. The molecule has 1 aromatic heterocycles. The molecule has 136 valence electrons. The van der Waals surface area contributed by atoms with Crippen molar-refractivity contribution in [1.29, 1.82) is 0 Å². The van der Waals surface area contributed by atoms with Gasteiger partial charge >= 0.3 is 5.97 Å². The van der Waals surface area contributed by atoms with Crippen molar-refractivity contribution in [2.75, 3.05) is 11.9 Å². The molecule has 1 heterocycles. The van der Waals surface area contributed by atoms with Gasteiger partial charge in [-0.05, 0) is 23.3 Å². The van der Waals surface area contributed by atoms with E-state index in [1.54, 1.807) is 5.38 Å². The molecule has 0 spiro atoms. The maximum atomic E-state index is 10.8. The number of nitrogens with zero attached hydrogens (tertiary/aromatic N) is 1. The highest BCUT2D eigenvalue weighted by Crippen LogP contribution is 2.29. The second-order valence-corrected chi connectivity index (χ2v) is 6.89. The summed E-state index contributed by atoms with van der Waals surface area (Å²) in [6.45, 7) is 3.41. The van der Waals surface area contributed by atoms with Crippen molar-refractivity contribution >= 4 is 33.2 Å². The number of nitrogens with one attached hydrogen (secondary N) is 1. The van der Waals surface area contributed by atoms with E-state index in [1.807, 2.05) is 18.2 Å². The highest BCUT2D eigenvalue weighted by atomic mass is 32.1. The first kappa shape index (κ1) is 18.2. The molecule has 0 amide bonds. The minimum absolute atomic E-state index is 0.0577. The maximum absolute atomic E-state index is 10.8. The lowest BCUT2D eigenvalue weighted by Crippen LogP contribution is -2.06. The Labute approximate surface area is 156 Å². The number of aliphatic carboxylic acids is 1. The number of carboxylic acids is 1. The summed E-state index contributed by atoms with van der Waals surface area (Å²) in [7, 11) is 0. The normalized spacial score (nSPS) is 10.8. The van der Waals surface area contributed by atoms with Crippen LogP contribution in [0.2, 0.25) is 0 Å². The number of thiazole rings is 1. The molecule has 0 aliphatic carbocycles. The van der Waals surface area contributed by atoms with Gasteiger partial charge in [-0.1, -0.05) is 43.7 Å². The average molecular weight is 370 g/mol. The van der Waals surface area contributed by atoms with Gasteiger partial charge in [-0.15, -0.1) is 11.3 Å². The number of hydrogen-bond donors (Lipinski definition) is 2. The number of anilines is 1. The van der Waals surface area contributed by atoms with Gasteiger partial charge in [-0.3, -0.25) is 4.79 Å². The number of benzene rings is 2. The van der Waals surface area contributed by atoms with Crippen molar-refractivity contribution in [3.63, 3.8) is 0 Å².